The number of aryl methyl sites for hydroxylation is 3. The van der Waals surface area contributed by atoms with E-state index in [0.29, 0.717) is 5.82 Å². The highest BCUT2D eigenvalue weighted by Crippen LogP contribution is 2.18. The van der Waals surface area contributed by atoms with Gasteiger partial charge in [0.05, 0.1) is 0 Å². The van der Waals surface area contributed by atoms with Crippen LogP contribution in [0, 0.1) is 12.8 Å². The molecule has 0 radical (unpaired) electrons. The zero-order valence-corrected chi connectivity index (χ0v) is 13.1. The number of hydrogen-bond acceptors (Lipinski definition) is 3. The molecule has 22 heavy (non-hydrogen) atoms. The van der Waals surface area contributed by atoms with Crippen molar-refractivity contribution in [3.05, 3.63) is 53.6 Å². The number of benzene rings is 1. The largest absolute Gasteiger partial charge is 0.328 e. The van der Waals surface area contributed by atoms with Gasteiger partial charge in [-0.05, 0) is 50.4 Å². The number of carbonyl (C=O) groups excluding carboxylic acids is 1. The SMILES string of the molecule is Cc1ccccc1CCn1ccnc1C(=O)C1CCNCC1. The normalized spacial score (nSPS) is 15.9. The van der Waals surface area contributed by atoms with Crippen molar-refractivity contribution in [1.29, 1.82) is 0 Å². The summed E-state index contributed by atoms with van der Waals surface area (Å²) < 4.78 is 2.01. The zero-order chi connectivity index (χ0) is 15.4. The van der Waals surface area contributed by atoms with Crippen LogP contribution >= 0.6 is 0 Å². The van der Waals surface area contributed by atoms with Gasteiger partial charge in [-0.1, -0.05) is 24.3 Å². The number of imidazole rings is 1. The van der Waals surface area contributed by atoms with Gasteiger partial charge in [-0.15, -0.1) is 0 Å². The van der Waals surface area contributed by atoms with Crippen molar-refractivity contribution in [2.45, 2.75) is 32.7 Å². The molecule has 4 nitrogen and oxygen atoms in total. The molecule has 1 fully saturated rings. The summed E-state index contributed by atoms with van der Waals surface area (Å²) >= 11 is 0. The molecule has 1 aliphatic heterocycles. The van der Waals surface area contributed by atoms with E-state index in [4.69, 9.17) is 0 Å². The molecule has 1 aliphatic rings. The standard InChI is InChI=1S/C18H23N3O/c1-14-4-2-3-5-15(14)8-12-21-13-11-20-18(21)17(22)16-6-9-19-10-7-16/h2-5,11,13,16,19H,6-10,12H2,1H3. The molecule has 1 aromatic carbocycles. The van der Waals surface area contributed by atoms with E-state index in [-0.39, 0.29) is 11.7 Å². The van der Waals surface area contributed by atoms with Gasteiger partial charge in [0.1, 0.15) is 0 Å². The molecule has 0 amide bonds. The molecule has 2 heterocycles. The van der Waals surface area contributed by atoms with Gasteiger partial charge in [0.25, 0.3) is 0 Å². The van der Waals surface area contributed by atoms with Crippen LogP contribution in [0.3, 0.4) is 0 Å². The van der Waals surface area contributed by atoms with E-state index < -0.39 is 0 Å². The third kappa shape index (κ3) is 3.28. The fraction of sp³-hybridized carbons (Fsp3) is 0.444. The van der Waals surface area contributed by atoms with E-state index in [1.807, 2.05) is 10.8 Å². The first-order valence-electron chi connectivity index (χ1n) is 8.06. The number of carbonyl (C=O) groups is 1. The molecule has 1 saturated heterocycles. The Balaban J connectivity index is 1.69. The summed E-state index contributed by atoms with van der Waals surface area (Å²) in [6, 6.07) is 8.41. The fourth-order valence-corrected chi connectivity index (χ4v) is 3.11. The van der Waals surface area contributed by atoms with Crippen molar-refractivity contribution < 1.29 is 4.79 Å². The second-order valence-electron chi connectivity index (χ2n) is 6.01. The van der Waals surface area contributed by atoms with Crippen LogP contribution in [-0.4, -0.2) is 28.4 Å². The zero-order valence-electron chi connectivity index (χ0n) is 13.1. The summed E-state index contributed by atoms with van der Waals surface area (Å²) in [5.41, 5.74) is 2.63. The lowest BCUT2D eigenvalue weighted by atomic mass is 9.93. The maximum atomic E-state index is 12.6. The average Bonchev–Trinajstić information content (AvgIpc) is 3.03. The number of Topliss-reactive ketones (excluding diaryl/α,β-unsaturated/α-hetero) is 1. The Morgan fingerprint density at radius 1 is 1.32 bits per heavy atom. The van der Waals surface area contributed by atoms with Crippen molar-refractivity contribution in [1.82, 2.24) is 14.9 Å². The molecule has 0 aliphatic carbocycles. The van der Waals surface area contributed by atoms with E-state index in [2.05, 4.69) is 41.5 Å². The highest BCUT2D eigenvalue weighted by Gasteiger charge is 2.25. The highest BCUT2D eigenvalue weighted by molar-refractivity contribution is 5.94. The van der Waals surface area contributed by atoms with Crippen LogP contribution in [0.4, 0.5) is 0 Å². The lowest BCUT2D eigenvalue weighted by Crippen LogP contribution is -2.33. The summed E-state index contributed by atoms with van der Waals surface area (Å²) in [7, 11) is 0. The first-order chi connectivity index (χ1) is 10.8. The number of nitrogens with zero attached hydrogens (tertiary/aromatic N) is 2. The minimum Gasteiger partial charge on any atom is -0.328 e. The summed E-state index contributed by atoms with van der Waals surface area (Å²) in [4.78, 5) is 17.0. The topological polar surface area (TPSA) is 46.9 Å². The minimum absolute atomic E-state index is 0.126. The smallest absolute Gasteiger partial charge is 0.201 e. The molecule has 116 valence electrons. The third-order valence-electron chi connectivity index (χ3n) is 4.53. The van der Waals surface area contributed by atoms with Gasteiger partial charge in [0.15, 0.2) is 5.82 Å². The van der Waals surface area contributed by atoms with E-state index >= 15 is 0 Å². The number of nitrogens with one attached hydrogen (secondary N) is 1. The second-order valence-corrected chi connectivity index (χ2v) is 6.01. The third-order valence-corrected chi connectivity index (χ3v) is 4.53. The Morgan fingerprint density at radius 3 is 2.86 bits per heavy atom. The van der Waals surface area contributed by atoms with E-state index in [9.17, 15) is 4.79 Å². The van der Waals surface area contributed by atoms with Crippen molar-refractivity contribution in [3.63, 3.8) is 0 Å². The minimum atomic E-state index is 0.126. The highest BCUT2D eigenvalue weighted by atomic mass is 16.1. The Bertz CT molecular complexity index is 641. The fourth-order valence-electron chi connectivity index (χ4n) is 3.11. The molecule has 1 N–H and O–H groups in total. The number of piperidine rings is 1. The first kappa shape index (κ1) is 15.0. The van der Waals surface area contributed by atoms with Crippen LogP contribution in [-0.2, 0) is 13.0 Å². The summed E-state index contributed by atoms with van der Waals surface area (Å²) in [6.45, 7) is 4.79. The molecule has 4 heteroatoms. The van der Waals surface area contributed by atoms with E-state index in [1.165, 1.54) is 11.1 Å². The van der Waals surface area contributed by atoms with Crippen LogP contribution in [0.2, 0.25) is 0 Å². The van der Waals surface area contributed by atoms with Crippen molar-refractivity contribution in [2.75, 3.05) is 13.1 Å². The van der Waals surface area contributed by atoms with E-state index in [1.54, 1.807) is 6.20 Å². The molecule has 2 aromatic rings. The van der Waals surface area contributed by atoms with Crippen molar-refractivity contribution in [2.24, 2.45) is 5.92 Å². The number of aromatic nitrogens is 2. The van der Waals surface area contributed by atoms with Gasteiger partial charge >= 0.3 is 0 Å². The van der Waals surface area contributed by atoms with Gasteiger partial charge in [-0.3, -0.25) is 4.79 Å². The second kappa shape index (κ2) is 6.88. The van der Waals surface area contributed by atoms with Crippen molar-refractivity contribution >= 4 is 5.78 Å². The Kier molecular flexibility index (Phi) is 4.68. The first-order valence-corrected chi connectivity index (χ1v) is 8.06. The van der Waals surface area contributed by atoms with Crippen LogP contribution in [0.15, 0.2) is 36.7 Å². The Morgan fingerprint density at radius 2 is 2.09 bits per heavy atom. The summed E-state index contributed by atoms with van der Waals surface area (Å²) in [5, 5.41) is 3.30. The predicted octanol–water partition coefficient (Wildman–Crippen LogP) is 2.62. The van der Waals surface area contributed by atoms with Crippen molar-refractivity contribution in [3.8, 4) is 0 Å². The van der Waals surface area contributed by atoms with Gasteiger partial charge in [0.2, 0.25) is 5.78 Å². The number of ketones is 1. The Labute approximate surface area is 131 Å². The molecule has 0 spiro atoms. The molecule has 0 atom stereocenters. The van der Waals surface area contributed by atoms with Crippen LogP contribution in [0.1, 0.15) is 34.6 Å². The van der Waals surface area contributed by atoms with Crippen LogP contribution in [0.25, 0.3) is 0 Å². The molecular weight excluding hydrogens is 274 g/mol. The lowest BCUT2D eigenvalue weighted by molar-refractivity contribution is 0.0879. The van der Waals surface area contributed by atoms with Gasteiger partial charge in [0, 0.05) is 24.9 Å². The average molecular weight is 297 g/mol. The molecule has 0 bridgehead atoms. The lowest BCUT2D eigenvalue weighted by Gasteiger charge is -2.21. The monoisotopic (exact) mass is 297 g/mol. The molecule has 0 unspecified atom stereocenters. The summed E-state index contributed by atoms with van der Waals surface area (Å²) in [5.74, 6) is 0.956. The maximum Gasteiger partial charge on any atom is 0.201 e. The maximum absolute atomic E-state index is 12.6. The number of rotatable bonds is 5. The molecule has 3 rings (SSSR count). The predicted molar refractivity (Wildman–Crippen MR) is 87.0 cm³/mol. The molecule has 1 aromatic heterocycles. The van der Waals surface area contributed by atoms with Gasteiger partial charge < -0.3 is 9.88 Å². The quantitative estimate of drug-likeness (QED) is 0.863. The van der Waals surface area contributed by atoms with Crippen LogP contribution in [0.5, 0.6) is 0 Å². The van der Waals surface area contributed by atoms with Gasteiger partial charge in [-0.25, -0.2) is 4.98 Å². The molecular formula is C18H23N3O. The summed E-state index contributed by atoms with van der Waals surface area (Å²) in [6.07, 6.45) is 6.43. The van der Waals surface area contributed by atoms with Crippen LogP contribution < -0.4 is 5.32 Å². The Hall–Kier alpha value is -1.94. The number of hydrogen-bond donors (Lipinski definition) is 1. The molecule has 0 saturated carbocycles. The van der Waals surface area contributed by atoms with Gasteiger partial charge in [-0.2, -0.15) is 0 Å². The van der Waals surface area contributed by atoms with E-state index in [0.717, 1.165) is 38.9 Å².